The van der Waals surface area contributed by atoms with E-state index in [1.165, 1.54) is 0 Å². The van der Waals surface area contributed by atoms with E-state index in [4.69, 9.17) is 10.2 Å². The number of aromatic nitrogens is 1. The first-order chi connectivity index (χ1) is 9.09. The van der Waals surface area contributed by atoms with Crippen molar-refractivity contribution in [2.24, 2.45) is 0 Å². The number of nitrogens with zero attached hydrogens (tertiary/aromatic N) is 1. The number of nitrogens with one attached hydrogen (secondary N) is 1. The number of hydrogen-bond donors (Lipinski definition) is 3. The maximum atomic E-state index is 11.9. The minimum Gasteiger partial charge on any atom is -0.479 e. The molecule has 0 aliphatic heterocycles. The number of pyridine rings is 1. The number of para-hydroxylation sites is 1. The van der Waals surface area contributed by atoms with Crippen molar-refractivity contribution in [2.45, 2.75) is 6.10 Å². The monoisotopic (exact) mass is 260 g/mol. The summed E-state index contributed by atoms with van der Waals surface area (Å²) in [6, 6.07) is 8.72. The number of carbonyl (C=O) groups excluding carboxylic acids is 1. The molecule has 6 heteroatoms. The zero-order valence-electron chi connectivity index (χ0n) is 9.91. The van der Waals surface area contributed by atoms with Crippen LogP contribution in [0.4, 0.5) is 0 Å². The maximum absolute atomic E-state index is 11.9. The molecule has 1 heterocycles. The van der Waals surface area contributed by atoms with Crippen molar-refractivity contribution in [3.63, 3.8) is 0 Å². The normalized spacial score (nSPS) is 12.1. The van der Waals surface area contributed by atoms with Gasteiger partial charge < -0.3 is 15.5 Å². The minimum absolute atomic E-state index is 0.343. The smallest absolute Gasteiger partial charge is 0.334 e. The third-order valence-electron chi connectivity index (χ3n) is 2.62. The lowest BCUT2D eigenvalue weighted by atomic mass is 10.1. The molecule has 0 spiro atoms. The fourth-order valence-corrected chi connectivity index (χ4v) is 1.66. The molecule has 98 valence electrons. The van der Waals surface area contributed by atoms with E-state index in [0.717, 1.165) is 5.39 Å². The van der Waals surface area contributed by atoms with Crippen LogP contribution in [-0.4, -0.2) is 39.7 Å². The van der Waals surface area contributed by atoms with Crippen LogP contribution in [0.25, 0.3) is 10.9 Å². The average Bonchev–Trinajstić information content (AvgIpc) is 2.43. The number of hydrogen-bond acceptors (Lipinski definition) is 4. The predicted octanol–water partition coefficient (Wildman–Crippen LogP) is 0.410. The number of fused-ring (bicyclic) bond motifs is 1. The molecule has 0 saturated heterocycles. The lowest BCUT2D eigenvalue weighted by Gasteiger charge is -2.09. The van der Waals surface area contributed by atoms with Gasteiger partial charge in [-0.1, -0.05) is 18.2 Å². The number of aliphatic carboxylic acids is 1. The summed E-state index contributed by atoms with van der Waals surface area (Å²) >= 11 is 0. The molecule has 0 bridgehead atoms. The van der Waals surface area contributed by atoms with E-state index < -0.39 is 18.0 Å². The van der Waals surface area contributed by atoms with E-state index in [2.05, 4.69) is 10.3 Å². The first-order valence-corrected chi connectivity index (χ1v) is 5.62. The molecule has 1 aromatic carbocycles. The Kier molecular flexibility index (Phi) is 3.72. The first kappa shape index (κ1) is 13.0. The molecule has 0 fully saturated rings. The van der Waals surface area contributed by atoms with Gasteiger partial charge in [-0.05, 0) is 12.1 Å². The zero-order valence-corrected chi connectivity index (χ0v) is 9.91. The Morgan fingerprint density at radius 3 is 2.74 bits per heavy atom. The maximum Gasteiger partial charge on any atom is 0.334 e. The second kappa shape index (κ2) is 5.45. The van der Waals surface area contributed by atoms with Crippen molar-refractivity contribution in [3.8, 4) is 0 Å². The van der Waals surface area contributed by atoms with Crippen molar-refractivity contribution in [2.75, 3.05) is 6.54 Å². The van der Waals surface area contributed by atoms with Crippen LogP contribution in [0, 0.1) is 0 Å². The predicted molar refractivity (Wildman–Crippen MR) is 67.7 cm³/mol. The second-order valence-electron chi connectivity index (χ2n) is 3.94. The summed E-state index contributed by atoms with van der Waals surface area (Å²) in [4.78, 5) is 26.5. The van der Waals surface area contributed by atoms with Gasteiger partial charge in [-0.2, -0.15) is 0 Å². The number of carboxylic acids is 1. The Morgan fingerprint density at radius 1 is 1.26 bits per heavy atom. The fraction of sp³-hybridized carbons (Fsp3) is 0.154. The molecule has 19 heavy (non-hydrogen) atoms. The molecule has 0 aliphatic rings. The van der Waals surface area contributed by atoms with Crippen LogP contribution in [-0.2, 0) is 4.79 Å². The SMILES string of the molecule is O=C(NC[C@H](O)C(=O)O)c1cccc2cccnc12. The highest BCUT2D eigenvalue weighted by Crippen LogP contribution is 2.15. The third kappa shape index (κ3) is 2.86. The van der Waals surface area contributed by atoms with Crippen molar-refractivity contribution in [1.82, 2.24) is 10.3 Å². The van der Waals surface area contributed by atoms with Gasteiger partial charge in [0.1, 0.15) is 0 Å². The minimum atomic E-state index is -1.62. The summed E-state index contributed by atoms with van der Waals surface area (Å²) in [5, 5.41) is 20.8. The highest BCUT2D eigenvalue weighted by atomic mass is 16.4. The van der Waals surface area contributed by atoms with Crippen LogP contribution in [0.15, 0.2) is 36.5 Å². The molecule has 0 unspecified atom stereocenters. The summed E-state index contributed by atoms with van der Waals surface area (Å²) in [5.41, 5.74) is 0.878. The van der Waals surface area contributed by atoms with Crippen LogP contribution in [0.1, 0.15) is 10.4 Å². The standard InChI is InChI=1S/C13H12N2O4/c16-10(13(18)19)7-15-12(17)9-5-1-3-8-4-2-6-14-11(8)9/h1-6,10,16H,7H2,(H,15,17)(H,18,19)/t10-/m0/s1. The van der Waals surface area contributed by atoms with Crippen molar-refractivity contribution >= 4 is 22.8 Å². The summed E-state index contributed by atoms with van der Waals surface area (Å²) in [7, 11) is 0. The number of benzene rings is 1. The van der Waals surface area contributed by atoms with Gasteiger partial charge in [0, 0.05) is 11.6 Å². The summed E-state index contributed by atoms with van der Waals surface area (Å²) < 4.78 is 0. The summed E-state index contributed by atoms with van der Waals surface area (Å²) in [6.07, 6.45) is -0.0440. The number of aliphatic hydroxyl groups excluding tert-OH is 1. The fourth-order valence-electron chi connectivity index (χ4n) is 1.66. The molecule has 2 rings (SSSR count). The highest BCUT2D eigenvalue weighted by Gasteiger charge is 2.16. The molecule has 0 aliphatic carbocycles. The van der Waals surface area contributed by atoms with Gasteiger partial charge in [-0.15, -0.1) is 0 Å². The van der Waals surface area contributed by atoms with Gasteiger partial charge in [-0.3, -0.25) is 9.78 Å². The second-order valence-corrected chi connectivity index (χ2v) is 3.94. The molecular formula is C13H12N2O4. The lowest BCUT2D eigenvalue weighted by Crippen LogP contribution is -2.36. The molecule has 3 N–H and O–H groups in total. The van der Waals surface area contributed by atoms with Gasteiger partial charge in [0.05, 0.1) is 17.6 Å². The molecule has 0 radical (unpaired) electrons. The molecular weight excluding hydrogens is 248 g/mol. The van der Waals surface area contributed by atoms with Crippen molar-refractivity contribution in [3.05, 3.63) is 42.1 Å². The zero-order chi connectivity index (χ0) is 13.8. The van der Waals surface area contributed by atoms with Crippen LogP contribution >= 0.6 is 0 Å². The van der Waals surface area contributed by atoms with Gasteiger partial charge >= 0.3 is 5.97 Å². The van der Waals surface area contributed by atoms with Gasteiger partial charge in [0.15, 0.2) is 6.10 Å². The van der Waals surface area contributed by atoms with E-state index in [1.54, 1.807) is 24.4 Å². The Balaban J connectivity index is 2.20. The van der Waals surface area contributed by atoms with Crippen LogP contribution in [0.5, 0.6) is 0 Å². The number of amides is 1. The van der Waals surface area contributed by atoms with Crippen LogP contribution < -0.4 is 5.32 Å². The number of carbonyl (C=O) groups is 2. The van der Waals surface area contributed by atoms with Crippen LogP contribution in [0.2, 0.25) is 0 Å². The van der Waals surface area contributed by atoms with E-state index in [0.29, 0.717) is 11.1 Å². The largest absolute Gasteiger partial charge is 0.479 e. The molecule has 1 amide bonds. The summed E-state index contributed by atoms with van der Waals surface area (Å²) in [6.45, 7) is -0.350. The van der Waals surface area contributed by atoms with Gasteiger partial charge in [0.2, 0.25) is 0 Å². The Bertz CT molecular complexity index is 622. The van der Waals surface area contributed by atoms with Crippen molar-refractivity contribution in [1.29, 1.82) is 0 Å². The van der Waals surface area contributed by atoms with E-state index in [9.17, 15) is 9.59 Å². The number of carboxylic acid groups (broad SMARTS) is 1. The van der Waals surface area contributed by atoms with E-state index in [-0.39, 0.29) is 6.54 Å². The number of aliphatic hydroxyl groups is 1. The van der Waals surface area contributed by atoms with Gasteiger partial charge in [0.25, 0.3) is 5.91 Å². The highest BCUT2D eigenvalue weighted by molar-refractivity contribution is 6.05. The third-order valence-corrected chi connectivity index (χ3v) is 2.62. The van der Waals surface area contributed by atoms with Crippen LogP contribution in [0.3, 0.4) is 0 Å². The Morgan fingerprint density at radius 2 is 2.00 bits per heavy atom. The molecule has 0 saturated carbocycles. The number of rotatable bonds is 4. The quantitative estimate of drug-likeness (QED) is 0.739. The van der Waals surface area contributed by atoms with E-state index in [1.807, 2.05) is 12.1 Å². The summed E-state index contributed by atoms with van der Waals surface area (Å²) in [5.74, 6) is -1.85. The Labute approximate surface area is 108 Å². The van der Waals surface area contributed by atoms with Crippen molar-refractivity contribution < 1.29 is 19.8 Å². The van der Waals surface area contributed by atoms with Gasteiger partial charge in [-0.25, -0.2) is 4.79 Å². The Hall–Kier alpha value is -2.47. The molecule has 1 atom stereocenters. The topological polar surface area (TPSA) is 99.5 Å². The van der Waals surface area contributed by atoms with E-state index >= 15 is 0 Å². The average molecular weight is 260 g/mol. The molecule has 2 aromatic rings. The molecule has 1 aromatic heterocycles. The first-order valence-electron chi connectivity index (χ1n) is 5.62. The lowest BCUT2D eigenvalue weighted by molar-refractivity contribution is -0.146. The molecule has 6 nitrogen and oxygen atoms in total.